The summed E-state index contributed by atoms with van der Waals surface area (Å²) in [4.78, 5) is 2.13. The first-order valence-corrected chi connectivity index (χ1v) is 8.21. The Hall–Kier alpha value is -1.40. The largest absolute Gasteiger partial charge is 0.485 e. The molecule has 4 nitrogen and oxygen atoms in total. The molecule has 2 aliphatic heterocycles. The summed E-state index contributed by atoms with van der Waals surface area (Å²) < 4.78 is 23.2. The van der Waals surface area contributed by atoms with Crippen molar-refractivity contribution in [2.75, 3.05) is 19.8 Å². The van der Waals surface area contributed by atoms with Gasteiger partial charge in [0.1, 0.15) is 25.4 Å². The van der Waals surface area contributed by atoms with Crippen LogP contribution in [0.4, 0.5) is 0 Å². The molecule has 2 aromatic rings. The maximum atomic E-state index is 5.96. The first kappa shape index (κ1) is 12.3. The van der Waals surface area contributed by atoms with Crippen LogP contribution in [0, 0.1) is 0 Å². The quantitative estimate of drug-likeness (QED) is 0.803. The van der Waals surface area contributed by atoms with Gasteiger partial charge in [0.25, 0.3) is 0 Å². The van der Waals surface area contributed by atoms with Crippen LogP contribution in [0.1, 0.15) is 13.8 Å². The Balaban J connectivity index is 1.77. The minimum absolute atomic E-state index is 0.278. The van der Waals surface area contributed by atoms with Crippen molar-refractivity contribution in [2.45, 2.75) is 19.4 Å². The third-order valence-electron chi connectivity index (χ3n) is 3.17. The first-order valence-electron chi connectivity index (χ1n) is 6.45. The van der Waals surface area contributed by atoms with E-state index in [-0.39, 0.29) is 5.60 Å². The molecule has 6 heteroatoms. The summed E-state index contributed by atoms with van der Waals surface area (Å²) in [7, 11) is 0. The molecule has 0 aromatic carbocycles. The monoisotopic (exact) mass is 310 g/mol. The van der Waals surface area contributed by atoms with E-state index < -0.39 is 0 Å². The highest BCUT2D eigenvalue weighted by atomic mass is 32.1. The van der Waals surface area contributed by atoms with E-state index in [1.54, 1.807) is 22.7 Å². The van der Waals surface area contributed by atoms with Crippen molar-refractivity contribution in [3.63, 3.8) is 0 Å². The molecule has 0 fully saturated rings. The maximum absolute atomic E-state index is 5.96. The molecular formula is C14H14O4S2. The van der Waals surface area contributed by atoms with Gasteiger partial charge in [0, 0.05) is 10.8 Å². The SMILES string of the molecule is CC1(C)COc2c(csc2-c2scc3c2OCCO3)O1. The average molecular weight is 310 g/mol. The molecule has 4 heterocycles. The van der Waals surface area contributed by atoms with Gasteiger partial charge in [-0.1, -0.05) is 0 Å². The van der Waals surface area contributed by atoms with Gasteiger partial charge in [-0.25, -0.2) is 0 Å². The predicted octanol–water partition coefficient (Wildman–Crippen LogP) is 3.80. The fraction of sp³-hybridized carbons (Fsp3) is 0.429. The highest BCUT2D eigenvalue weighted by Crippen LogP contribution is 2.54. The molecule has 0 saturated carbocycles. The van der Waals surface area contributed by atoms with Crippen LogP contribution in [0.5, 0.6) is 23.0 Å². The number of rotatable bonds is 1. The van der Waals surface area contributed by atoms with Crippen LogP contribution in [0.25, 0.3) is 9.75 Å². The van der Waals surface area contributed by atoms with Crippen LogP contribution >= 0.6 is 22.7 Å². The Bertz CT molecular complexity index is 656. The third-order valence-corrected chi connectivity index (χ3v) is 5.22. The lowest BCUT2D eigenvalue weighted by atomic mass is 10.1. The zero-order valence-corrected chi connectivity index (χ0v) is 12.9. The van der Waals surface area contributed by atoms with Gasteiger partial charge in [0.05, 0.1) is 9.75 Å². The van der Waals surface area contributed by atoms with Crippen LogP contribution < -0.4 is 18.9 Å². The Labute approximate surface area is 124 Å². The summed E-state index contributed by atoms with van der Waals surface area (Å²) >= 11 is 3.24. The van der Waals surface area contributed by atoms with Gasteiger partial charge in [0.15, 0.2) is 23.0 Å². The van der Waals surface area contributed by atoms with Crippen molar-refractivity contribution in [1.29, 1.82) is 0 Å². The van der Waals surface area contributed by atoms with Crippen LogP contribution in [-0.2, 0) is 0 Å². The molecule has 0 radical (unpaired) electrons. The summed E-state index contributed by atoms with van der Waals surface area (Å²) in [5, 5.41) is 3.99. The van der Waals surface area contributed by atoms with Gasteiger partial charge < -0.3 is 18.9 Å². The van der Waals surface area contributed by atoms with Gasteiger partial charge in [-0.2, -0.15) is 0 Å². The van der Waals surface area contributed by atoms with Gasteiger partial charge in [0.2, 0.25) is 0 Å². The normalized spacial score (nSPS) is 18.9. The van der Waals surface area contributed by atoms with Crippen LogP contribution in [0.3, 0.4) is 0 Å². The number of fused-ring (bicyclic) bond motifs is 2. The number of hydrogen-bond acceptors (Lipinski definition) is 6. The molecule has 0 spiro atoms. The van der Waals surface area contributed by atoms with Crippen molar-refractivity contribution in [2.24, 2.45) is 0 Å². The molecule has 2 aliphatic rings. The molecule has 0 unspecified atom stereocenters. The number of ether oxygens (including phenoxy) is 4. The van der Waals surface area contributed by atoms with E-state index in [9.17, 15) is 0 Å². The summed E-state index contributed by atoms with van der Waals surface area (Å²) in [6.45, 7) is 5.80. The smallest absolute Gasteiger partial charge is 0.180 e. The topological polar surface area (TPSA) is 36.9 Å². The van der Waals surface area contributed by atoms with Crippen molar-refractivity contribution in [3.05, 3.63) is 10.8 Å². The molecule has 20 heavy (non-hydrogen) atoms. The number of thiophene rings is 2. The van der Waals surface area contributed by atoms with E-state index in [1.807, 2.05) is 24.6 Å². The Morgan fingerprint density at radius 1 is 0.900 bits per heavy atom. The van der Waals surface area contributed by atoms with Crippen LogP contribution in [0.2, 0.25) is 0 Å². The lowest BCUT2D eigenvalue weighted by molar-refractivity contribution is 0.0228. The van der Waals surface area contributed by atoms with E-state index in [1.165, 1.54) is 0 Å². The van der Waals surface area contributed by atoms with Gasteiger partial charge >= 0.3 is 0 Å². The van der Waals surface area contributed by atoms with Gasteiger partial charge in [-0.15, -0.1) is 22.7 Å². The van der Waals surface area contributed by atoms with Crippen molar-refractivity contribution in [3.8, 4) is 32.8 Å². The van der Waals surface area contributed by atoms with E-state index in [4.69, 9.17) is 18.9 Å². The fourth-order valence-corrected chi connectivity index (χ4v) is 4.29. The molecule has 0 aliphatic carbocycles. The fourth-order valence-electron chi connectivity index (χ4n) is 2.29. The lowest BCUT2D eigenvalue weighted by Crippen LogP contribution is -2.38. The standard InChI is InChI=1S/C14H14O4S2/c1-14(2)7-17-11-9(18-14)6-20-13(11)12-10-8(5-19-12)15-3-4-16-10/h5-6H,3-4,7H2,1-2H3. The van der Waals surface area contributed by atoms with E-state index in [0.717, 1.165) is 32.8 Å². The second-order valence-electron chi connectivity index (χ2n) is 5.36. The minimum Gasteiger partial charge on any atom is -0.485 e. The van der Waals surface area contributed by atoms with Crippen molar-refractivity contribution in [1.82, 2.24) is 0 Å². The first-order chi connectivity index (χ1) is 9.64. The van der Waals surface area contributed by atoms with E-state index in [0.29, 0.717) is 19.8 Å². The van der Waals surface area contributed by atoms with E-state index in [2.05, 4.69) is 0 Å². The Morgan fingerprint density at radius 3 is 2.35 bits per heavy atom. The zero-order valence-electron chi connectivity index (χ0n) is 11.2. The summed E-state index contributed by atoms with van der Waals surface area (Å²) in [6, 6.07) is 0. The van der Waals surface area contributed by atoms with Crippen LogP contribution in [0.15, 0.2) is 10.8 Å². The minimum atomic E-state index is -0.278. The summed E-state index contributed by atoms with van der Waals surface area (Å²) in [5.41, 5.74) is -0.278. The molecule has 4 rings (SSSR count). The molecule has 2 aromatic heterocycles. The molecule has 0 N–H and O–H groups in total. The van der Waals surface area contributed by atoms with Crippen molar-refractivity contribution < 1.29 is 18.9 Å². The maximum Gasteiger partial charge on any atom is 0.180 e. The molecule has 0 saturated heterocycles. The van der Waals surface area contributed by atoms with Crippen molar-refractivity contribution >= 4 is 22.7 Å². The lowest BCUT2D eigenvalue weighted by Gasteiger charge is -2.31. The van der Waals surface area contributed by atoms with Crippen LogP contribution in [-0.4, -0.2) is 25.4 Å². The molecule has 0 atom stereocenters. The molecular weight excluding hydrogens is 296 g/mol. The van der Waals surface area contributed by atoms with Gasteiger partial charge in [-0.3, -0.25) is 0 Å². The second-order valence-corrected chi connectivity index (χ2v) is 7.12. The highest BCUT2D eigenvalue weighted by molar-refractivity contribution is 7.21. The van der Waals surface area contributed by atoms with E-state index >= 15 is 0 Å². The third kappa shape index (κ3) is 1.86. The Kier molecular flexibility index (Phi) is 2.65. The summed E-state index contributed by atoms with van der Waals surface area (Å²) in [5.74, 6) is 3.31. The second kappa shape index (κ2) is 4.30. The predicted molar refractivity (Wildman–Crippen MR) is 78.8 cm³/mol. The summed E-state index contributed by atoms with van der Waals surface area (Å²) in [6.07, 6.45) is 0. The molecule has 106 valence electrons. The number of hydrogen-bond donors (Lipinski definition) is 0. The highest BCUT2D eigenvalue weighted by Gasteiger charge is 2.33. The molecule has 0 bridgehead atoms. The average Bonchev–Trinajstić information content (AvgIpc) is 3.00. The zero-order chi connectivity index (χ0) is 13.7. The molecule has 0 amide bonds. The Morgan fingerprint density at radius 2 is 1.55 bits per heavy atom. The van der Waals surface area contributed by atoms with Gasteiger partial charge in [-0.05, 0) is 13.8 Å².